The van der Waals surface area contributed by atoms with Gasteiger partial charge >= 0.3 is 0 Å². The summed E-state index contributed by atoms with van der Waals surface area (Å²) >= 11 is 0. The zero-order valence-electron chi connectivity index (χ0n) is 70.4. The van der Waals surface area contributed by atoms with E-state index >= 15 is 0 Å². The van der Waals surface area contributed by atoms with E-state index in [1.807, 2.05) is 0 Å². The second-order valence-electron chi connectivity index (χ2n) is 13.2. The second-order valence-corrected chi connectivity index (χ2v) is 16.7. The summed E-state index contributed by atoms with van der Waals surface area (Å²) in [6.45, 7) is 0. The zero-order valence-corrected chi connectivity index (χ0v) is 32.4. The first kappa shape index (κ1) is 14.5. The topological polar surface area (TPSA) is 35.6 Å². The first-order chi connectivity index (χ1) is 47.5. The average Bonchev–Trinajstić information content (AvgIpc) is 0.822. The summed E-state index contributed by atoms with van der Waals surface area (Å²) in [5, 5.41) is -7.79. The molecule has 3 heterocycles. The third-order valence-corrected chi connectivity index (χ3v) is 14.0. The number of fused-ring (bicyclic) bond motifs is 6. The summed E-state index contributed by atoms with van der Waals surface area (Å²) < 4.78 is 363. The van der Waals surface area contributed by atoms with Crippen LogP contribution < -0.4 is 20.7 Å². The quantitative estimate of drug-likeness (QED) is 0.113. The number of rotatable bonds is 8. The molecule has 12 aromatic rings. The number of nitrogens with zero attached hydrogens (tertiary/aromatic N) is 4. The molecule has 0 unspecified atom stereocenters. The number of hydrogen-bond acceptors (Lipinski definition) is 2. The SMILES string of the molecule is [2H]c1c([2H])c([2H])c([Si](c2c([2H])c([2H])c([2H])c([2H])c2[2H])(c2c([2H])c([2H])c([2H])c([2H])c2[2H])c2c([2H])c([2H])c([2H])c(-c3cc(-n4c5c([2H])c([2H])c([2H])c([2H])c5c5c([2H])c([2H])c([2H])c([2H])c54)nc(-c4c([2H])c([2H])c([2H])c([2H])c4-n4c5c([2H])c([2H])c([2H])c([2H])c5c5c([2H])c([2H])c([2H])c([2H])c54)n3)c2[2H])c([2H])c1[2H]. The van der Waals surface area contributed by atoms with Crippen molar-refractivity contribution in [2.24, 2.45) is 0 Å². The van der Waals surface area contributed by atoms with E-state index in [1.165, 1.54) is 0 Å². The van der Waals surface area contributed by atoms with Crippen molar-refractivity contribution in [1.82, 2.24) is 19.1 Å². The molecule has 0 radical (unpaired) electrons. The Bertz CT molecular complexity index is 5550. The van der Waals surface area contributed by atoms with Gasteiger partial charge in [-0.1, -0.05) is 199 Å². The normalized spacial score (nSPS) is 20.5. The van der Waals surface area contributed by atoms with Crippen molar-refractivity contribution < 1.29 is 53.5 Å². The standard InChI is InChI=1S/C58H40N4Si/c1-4-22-42(23-5-1)63(43-24-6-2-7-25-43,44-26-8-3-9-27-44)45-28-20-21-41(39-45)51-40-57(62-54-36-17-12-31-48(54)49-32-13-18-37-55(49)62)60-58(59-51)50-33-14-19-38-56(50)61-52-34-15-10-29-46(52)47-30-11-16-35-53(47)61/h1-40H/i1D,2D,3D,4D,5D,6D,7D,8D,9D,10D,11D,12D,13D,14D,15D,16D,17D,18D,19D,20D,21D,22D,23D,24D,25D,26D,27D,28D,29D,30D,31D,32D,33D,34D,35D,36D,37D,38D,39D. The largest absolute Gasteiger partial charge is 0.309 e. The van der Waals surface area contributed by atoms with E-state index in [9.17, 15) is 26.0 Å². The Labute approximate surface area is 421 Å². The molecule has 0 spiro atoms. The van der Waals surface area contributed by atoms with Crippen LogP contribution in [0.5, 0.6) is 0 Å². The number of para-hydroxylation sites is 5. The van der Waals surface area contributed by atoms with Crippen molar-refractivity contribution >= 4 is 72.4 Å². The minimum absolute atomic E-state index is 0.623. The minimum atomic E-state index is -6.68. The summed E-state index contributed by atoms with van der Waals surface area (Å²) in [6.07, 6.45) is 0. The molecule has 0 aliphatic rings. The highest BCUT2D eigenvalue weighted by atomic mass is 28.3. The van der Waals surface area contributed by atoms with E-state index in [-0.39, 0.29) is 0 Å². The van der Waals surface area contributed by atoms with E-state index in [2.05, 4.69) is 9.97 Å². The molecule has 0 bridgehead atoms. The van der Waals surface area contributed by atoms with Crippen LogP contribution in [0.15, 0.2) is 242 Å². The smallest absolute Gasteiger partial charge is 0.179 e. The monoisotopic (exact) mass is 860 g/mol. The van der Waals surface area contributed by atoms with Crippen LogP contribution in [0.1, 0.15) is 53.5 Å². The molecule has 12 rings (SSSR count). The molecule has 63 heavy (non-hydrogen) atoms. The molecule has 0 aliphatic heterocycles. The Balaban J connectivity index is 1.42. The van der Waals surface area contributed by atoms with E-state index in [0.717, 1.165) is 0 Å². The fraction of sp³-hybridized carbons (Fsp3) is 0. The Hall–Kier alpha value is -8.12. The first-order valence-corrected chi connectivity index (χ1v) is 20.3. The van der Waals surface area contributed by atoms with Crippen LogP contribution in [0.25, 0.3) is 77.8 Å². The minimum Gasteiger partial charge on any atom is -0.309 e. The molecular formula is C58H40N4Si. The molecule has 0 atom stereocenters. The van der Waals surface area contributed by atoms with Gasteiger partial charge in [-0.25, -0.2) is 9.97 Å². The Morgan fingerprint density at radius 1 is 0.365 bits per heavy atom. The molecule has 0 saturated carbocycles. The van der Waals surface area contributed by atoms with Crippen LogP contribution in [0, 0.1) is 0 Å². The van der Waals surface area contributed by atoms with E-state index in [0.29, 0.717) is 15.2 Å². The molecule has 4 nitrogen and oxygen atoms in total. The lowest BCUT2D eigenvalue weighted by Crippen LogP contribution is -2.74. The van der Waals surface area contributed by atoms with E-state index in [1.54, 1.807) is 0 Å². The Kier molecular flexibility index (Phi) is 3.47. The van der Waals surface area contributed by atoms with Gasteiger partial charge in [0.2, 0.25) is 0 Å². The highest BCUT2D eigenvalue weighted by Crippen LogP contribution is 2.37. The van der Waals surface area contributed by atoms with Crippen molar-refractivity contribution in [3.8, 4) is 34.2 Å². The molecular weight excluding hydrogens is 781 g/mol. The Morgan fingerprint density at radius 3 is 1.29 bits per heavy atom. The van der Waals surface area contributed by atoms with Crippen molar-refractivity contribution in [1.29, 1.82) is 0 Å². The molecule has 5 heteroatoms. The third-order valence-electron chi connectivity index (χ3n) is 10.0. The number of benzene rings is 9. The average molecular weight is 860 g/mol. The number of hydrogen-bond donors (Lipinski definition) is 0. The predicted octanol–water partition coefficient (Wildman–Crippen LogP) is 11.4. The van der Waals surface area contributed by atoms with Crippen molar-refractivity contribution in [2.75, 3.05) is 0 Å². The number of aromatic nitrogens is 4. The van der Waals surface area contributed by atoms with E-state index < -0.39 is 342 Å². The second kappa shape index (κ2) is 15.1. The molecule has 0 N–H and O–H groups in total. The van der Waals surface area contributed by atoms with Crippen LogP contribution >= 0.6 is 0 Å². The summed E-state index contributed by atoms with van der Waals surface area (Å²) in [5.74, 6) is -2.17. The van der Waals surface area contributed by atoms with Gasteiger partial charge in [0.15, 0.2) is 13.9 Å². The molecule has 296 valence electrons. The van der Waals surface area contributed by atoms with Gasteiger partial charge in [0, 0.05) is 38.7 Å². The lowest BCUT2D eigenvalue weighted by atomic mass is 10.1. The third kappa shape index (κ3) is 5.89. The summed E-state index contributed by atoms with van der Waals surface area (Å²) in [7, 11) is -6.68. The predicted molar refractivity (Wildman–Crippen MR) is 265 cm³/mol. The van der Waals surface area contributed by atoms with Gasteiger partial charge in [-0.05, 0) is 57.0 Å². The molecule has 9 aromatic carbocycles. The van der Waals surface area contributed by atoms with Crippen LogP contribution in [0.2, 0.25) is 0 Å². The summed E-state index contributed by atoms with van der Waals surface area (Å²) in [6, 6.07) is -45.6. The van der Waals surface area contributed by atoms with Gasteiger partial charge in [0.1, 0.15) is 5.82 Å². The maximum Gasteiger partial charge on any atom is 0.179 e. The Morgan fingerprint density at radius 2 is 0.778 bits per heavy atom. The van der Waals surface area contributed by atoms with Crippen molar-refractivity contribution in [3.05, 3.63) is 242 Å². The molecule has 0 saturated heterocycles. The van der Waals surface area contributed by atoms with E-state index in [4.69, 9.17) is 27.4 Å². The molecule has 0 fully saturated rings. The lowest BCUT2D eigenvalue weighted by Gasteiger charge is -2.34. The van der Waals surface area contributed by atoms with Gasteiger partial charge < -0.3 is 4.57 Å². The summed E-state index contributed by atoms with van der Waals surface area (Å²) in [5.41, 5.74) is -7.57. The van der Waals surface area contributed by atoms with Crippen LogP contribution in [0.4, 0.5) is 0 Å². The highest BCUT2D eigenvalue weighted by Gasteiger charge is 2.41. The zero-order chi connectivity index (χ0) is 75.7. The van der Waals surface area contributed by atoms with Gasteiger partial charge in [-0.15, -0.1) is 0 Å². The van der Waals surface area contributed by atoms with Gasteiger partial charge in [-0.3, -0.25) is 4.57 Å². The fourth-order valence-electron chi connectivity index (χ4n) is 7.44. The van der Waals surface area contributed by atoms with Crippen LogP contribution in [-0.4, -0.2) is 27.2 Å². The maximum absolute atomic E-state index is 10.7. The highest BCUT2D eigenvalue weighted by molar-refractivity contribution is 7.19. The van der Waals surface area contributed by atoms with Crippen LogP contribution in [0.3, 0.4) is 0 Å². The van der Waals surface area contributed by atoms with Crippen molar-refractivity contribution in [3.63, 3.8) is 0 Å². The summed E-state index contributed by atoms with van der Waals surface area (Å²) in [4.78, 5) is 9.35. The van der Waals surface area contributed by atoms with Gasteiger partial charge in [0.25, 0.3) is 0 Å². The molecule has 3 aromatic heterocycles. The molecule has 0 aliphatic carbocycles. The molecule has 0 amide bonds. The fourth-order valence-corrected chi connectivity index (χ4v) is 11.0. The first-order valence-electron chi connectivity index (χ1n) is 37.8. The lowest BCUT2D eigenvalue weighted by molar-refractivity contribution is 1.04. The van der Waals surface area contributed by atoms with Gasteiger partial charge in [0.05, 0.1) is 86.9 Å². The van der Waals surface area contributed by atoms with Crippen molar-refractivity contribution in [2.45, 2.75) is 0 Å². The van der Waals surface area contributed by atoms with Gasteiger partial charge in [-0.2, -0.15) is 0 Å². The maximum atomic E-state index is 10.7. The van der Waals surface area contributed by atoms with Crippen LogP contribution in [-0.2, 0) is 0 Å².